The molecule has 0 fully saturated rings. The Balaban J connectivity index is 1.70. The SMILES string of the molecule is CCN(CC)S(=O)(=O)c1cccc(C(=O)OCC(=O)N2CCSc3ccccc32)c1. The molecule has 0 aromatic heterocycles. The maximum atomic E-state index is 12.7. The van der Waals surface area contributed by atoms with Crippen LogP contribution in [0.4, 0.5) is 5.69 Å². The highest BCUT2D eigenvalue weighted by Gasteiger charge is 2.25. The highest BCUT2D eigenvalue weighted by molar-refractivity contribution is 7.99. The van der Waals surface area contributed by atoms with E-state index in [1.807, 2.05) is 24.3 Å². The molecule has 1 aliphatic rings. The van der Waals surface area contributed by atoms with Gasteiger partial charge in [-0.2, -0.15) is 4.31 Å². The average Bonchev–Trinajstić information content (AvgIpc) is 2.77. The molecule has 2 aromatic carbocycles. The average molecular weight is 449 g/mol. The molecule has 0 atom stereocenters. The number of sulfonamides is 1. The molecule has 3 rings (SSSR count). The molecule has 2 aromatic rings. The zero-order valence-corrected chi connectivity index (χ0v) is 18.5. The first kappa shape index (κ1) is 22.3. The number of anilines is 1. The van der Waals surface area contributed by atoms with Gasteiger partial charge in [0.25, 0.3) is 5.91 Å². The number of nitrogens with zero attached hydrogens (tertiary/aromatic N) is 2. The van der Waals surface area contributed by atoms with Crippen molar-refractivity contribution in [3.63, 3.8) is 0 Å². The highest BCUT2D eigenvalue weighted by atomic mass is 32.2. The molecular formula is C21H24N2O5S2. The monoisotopic (exact) mass is 448 g/mol. The topological polar surface area (TPSA) is 84.0 Å². The summed E-state index contributed by atoms with van der Waals surface area (Å²) in [6.07, 6.45) is 0. The minimum Gasteiger partial charge on any atom is -0.452 e. The number of thioether (sulfide) groups is 1. The summed E-state index contributed by atoms with van der Waals surface area (Å²) in [5.74, 6) is -0.287. The first-order chi connectivity index (χ1) is 14.4. The van der Waals surface area contributed by atoms with Crippen LogP contribution in [-0.2, 0) is 19.6 Å². The van der Waals surface area contributed by atoms with E-state index in [2.05, 4.69) is 0 Å². The number of amides is 1. The predicted molar refractivity (Wildman–Crippen MR) is 116 cm³/mol. The zero-order valence-electron chi connectivity index (χ0n) is 16.9. The Labute approximate surface area is 181 Å². The summed E-state index contributed by atoms with van der Waals surface area (Å²) >= 11 is 1.68. The Bertz CT molecular complexity index is 1040. The van der Waals surface area contributed by atoms with Crippen molar-refractivity contribution >= 4 is 39.3 Å². The van der Waals surface area contributed by atoms with Crippen LogP contribution in [0.5, 0.6) is 0 Å². The maximum absolute atomic E-state index is 12.7. The van der Waals surface area contributed by atoms with Gasteiger partial charge in [-0.05, 0) is 30.3 Å². The van der Waals surface area contributed by atoms with Crippen molar-refractivity contribution in [3.8, 4) is 0 Å². The van der Waals surface area contributed by atoms with Gasteiger partial charge in [0.05, 0.1) is 16.1 Å². The molecule has 0 saturated carbocycles. The van der Waals surface area contributed by atoms with Crippen molar-refractivity contribution in [1.82, 2.24) is 4.31 Å². The van der Waals surface area contributed by atoms with Crippen LogP contribution in [0.2, 0.25) is 0 Å². The van der Waals surface area contributed by atoms with Gasteiger partial charge < -0.3 is 9.64 Å². The summed E-state index contributed by atoms with van der Waals surface area (Å²) in [5.41, 5.74) is 0.896. The summed E-state index contributed by atoms with van der Waals surface area (Å²) in [7, 11) is -3.69. The summed E-state index contributed by atoms with van der Waals surface area (Å²) in [4.78, 5) is 27.7. The third-order valence-electron chi connectivity index (χ3n) is 4.77. The fourth-order valence-electron chi connectivity index (χ4n) is 3.21. The third kappa shape index (κ3) is 4.69. The molecular weight excluding hydrogens is 424 g/mol. The van der Waals surface area contributed by atoms with Gasteiger partial charge in [-0.25, -0.2) is 13.2 Å². The Morgan fingerprint density at radius 2 is 1.83 bits per heavy atom. The van der Waals surface area contributed by atoms with Crippen molar-refractivity contribution in [2.75, 3.05) is 36.9 Å². The van der Waals surface area contributed by atoms with Crippen LogP contribution in [0.1, 0.15) is 24.2 Å². The number of rotatable bonds is 7. The molecule has 1 amide bonds. The summed E-state index contributed by atoms with van der Waals surface area (Å²) < 4.78 is 31.8. The van der Waals surface area contributed by atoms with Crippen molar-refractivity contribution < 1.29 is 22.7 Å². The second-order valence-corrected chi connectivity index (χ2v) is 9.63. The summed E-state index contributed by atoms with van der Waals surface area (Å²) in [5, 5.41) is 0. The van der Waals surface area contributed by atoms with E-state index in [-0.39, 0.29) is 16.4 Å². The van der Waals surface area contributed by atoms with Gasteiger partial charge in [-0.15, -0.1) is 11.8 Å². The molecule has 1 aliphatic heterocycles. The van der Waals surface area contributed by atoms with Crippen LogP contribution >= 0.6 is 11.8 Å². The summed E-state index contributed by atoms with van der Waals surface area (Å²) in [6.45, 7) is 4.29. The fraction of sp³-hybridized carbons (Fsp3) is 0.333. The molecule has 0 aliphatic carbocycles. The minimum atomic E-state index is -3.69. The van der Waals surface area contributed by atoms with E-state index in [0.717, 1.165) is 16.3 Å². The number of fused-ring (bicyclic) bond motifs is 1. The Hall–Kier alpha value is -2.36. The number of carbonyl (C=O) groups is 2. The van der Waals surface area contributed by atoms with E-state index in [4.69, 9.17) is 4.74 Å². The van der Waals surface area contributed by atoms with Crippen LogP contribution < -0.4 is 4.90 Å². The number of carbonyl (C=O) groups excluding carboxylic acids is 2. The number of hydrogen-bond donors (Lipinski definition) is 0. The third-order valence-corrected chi connectivity index (χ3v) is 7.86. The van der Waals surface area contributed by atoms with E-state index in [1.54, 1.807) is 30.5 Å². The van der Waals surface area contributed by atoms with E-state index in [0.29, 0.717) is 19.6 Å². The lowest BCUT2D eigenvalue weighted by atomic mass is 10.2. The van der Waals surface area contributed by atoms with Crippen LogP contribution in [0, 0.1) is 0 Å². The van der Waals surface area contributed by atoms with Crippen molar-refractivity contribution in [2.45, 2.75) is 23.6 Å². The quantitative estimate of drug-likeness (QED) is 0.606. The summed E-state index contributed by atoms with van der Waals surface area (Å²) in [6, 6.07) is 13.3. The van der Waals surface area contributed by atoms with Gasteiger partial charge in [-0.3, -0.25) is 4.79 Å². The van der Waals surface area contributed by atoms with Gasteiger partial charge in [0, 0.05) is 30.3 Å². The largest absolute Gasteiger partial charge is 0.452 e. The normalized spacial score (nSPS) is 13.8. The Morgan fingerprint density at radius 1 is 1.10 bits per heavy atom. The Kier molecular flexibility index (Phi) is 7.17. The first-order valence-electron chi connectivity index (χ1n) is 9.68. The highest BCUT2D eigenvalue weighted by Crippen LogP contribution is 2.34. The number of benzene rings is 2. The van der Waals surface area contributed by atoms with E-state index < -0.39 is 22.6 Å². The molecule has 0 N–H and O–H groups in total. The van der Waals surface area contributed by atoms with Gasteiger partial charge in [0.15, 0.2) is 6.61 Å². The molecule has 0 saturated heterocycles. The van der Waals surface area contributed by atoms with Crippen molar-refractivity contribution in [2.24, 2.45) is 0 Å². The second-order valence-electron chi connectivity index (χ2n) is 6.55. The number of esters is 1. The van der Waals surface area contributed by atoms with Gasteiger partial charge in [-0.1, -0.05) is 32.0 Å². The predicted octanol–water partition coefficient (Wildman–Crippen LogP) is 3.01. The standard InChI is InChI=1S/C21H24N2O5S2/c1-3-22(4-2)30(26,27)17-9-7-8-16(14-17)21(25)28-15-20(24)23-12-13-29-19-11-6-5-10-18(19)23/h5-11,14H,3-4,12-13,15H2,1-2H3. The first-order valence-corrected chi connectivity index (χ1v) is 12.1. The van der Waals surface area contributed by atoms with Crippen LogP contribution in [0.3, 0.4) is 0 Å². The van der Waals surface area contributed by atoms with Gasteiger partial charge in [0.1, 0.15) is 0 Å². The lowest BCUT2D eigenvalue weighted by molar-refractivity contribution is -0.121. The Morgan fingerprint density at radius 3 is 2.57 bits per heavy atom. The van der Waals surface area contributed by atoms with Gasteiger partial charge in [0.2, 0.25) is 10.0 Å². The second kappa shape index (κ2) is 9.63. The fourth-order valence-corrected chi connectivity index (χ4v) is 5.71. The van der Waals surface area contributed by atoms with Crippen LogP contribution in [-0.4, -0.2) is 56.6 Å². The van der Waals surface area contributed by atoms with E-state index in [9.17, 15) is 18.0 Å². The molecule has 0 unspecified atom stereocenters. The molecule has 0 spiro atoms. The minimum absolute atomic E-state index is 0.0222. The molecule has 160 valence electrons. The van der Waals surface area contributed by atoms with Crippen molar-refractivity contribution in [1.29, 1.82) is 0 Å². The molecule has 0 radical (unpaired) electrons. The molecule has 0 bridgehead atoms. The molecule has 1 heterocycles. The number of para-hydroxylation sites is 1. The number of ether oxygens (including phenoxy) is 1. The van der Waals surface area contributed by atoms with Crippen LogP contribution in [0.15, 0.2) is 58.3 Å². The zero-order chi connectivity index (χ0) is 21.7. The van der Waals surface area contributed by atoms with E-state index >= 15 is 0 Å². The lowest BCUT2D eigenvalue weighted by Gasteiger charge is -2.28. The lowest BCUT2D eigenvalue weighted by Crippen LogP contribution is -2.38. The van der Waals surface area contributed by atoms with Gasteiger partial charge >= 0.3 is 5.97 Å². The van der Waals surface area contributed by atoms with E-state index in [1.165, 1.54) is 28.6 Å². The number of hydrogen-bond acceptors (Lipinski definition) is 6. The smallest absolute Gasteiger partial charge is 0.338 e. The molecule has 9 heteroatoms. The molecule has 7 nitrogen and oxygen atoms in total. The van der Waals surface area contributed by atoms with Crippen LogP contribution in [0.25, 0.3) is 0 Å². The maximum Gasteiger partial charge on any atom is 0.338 e. The van der Waals surface area contributed by atoms with Crippen molar-refractivity contribution in [3.05, 3.63) is 54.1 Å². The molecule has 30 heavy (non-hydrogen) atoms.